The molecule has 1 aliphatic rings. The molecule has 0 fully saturated rings. The molecule has 0 N–H and O–H groups in total. The molecule has 0 unspecified atom stereocenters. The second kappa shape index (κ2) is 4.74. The van der Waals surface area contributed by atoms with Crippen LogP contribution in [0.1, 0.15) is 5.56 Å². The Hall–Kier alpha value is -2.07. The number of hydrogen-bond acceptors (Lipinski definition) is 2. The molecule has 0 radical (unpaired) electrons. The lowest BCUT2D eigenvalue weighted by atomic mass is 10.1. The zero-order valence-corrected chi connectivity index (χ0v) is 13.1. The number of rotatable bonds is 1. The van der Waals surface area contributed by atoms with Gasteiger partial charge >= 0.3 is 0 Å². The molecule has 21 heavy (non-hydrogen) atoms. The summed E-state index contributed by atoms with van der Waals surface area (Å²) in [6.45, 7) is 2.55. The van der Waals surface area contributed by atoms with E-state index in [0.29, 0.717) is 6.73 Å². The summed E-state index contributed by atoms with van der Waals surface area (Å²) in [5.74, 6) is 1.85. The van der Waals surface area contributed by atoms with Gasteiger partial charge in [0.2, 0.25) is 0 Å². The third-order valence-corrected chi connectivity index (χ3v) is 4.25. The molecule has 3 nitrogen and oxygen atoms in total. The highest BCUT2D eigenvalue weighted by Gasteiger charge is 2.24. The maximum Gasteiger partial charge on any atom is 0.167 e. The van der Waals surface area contributed by atoms with E-state index in [0.717, 1.165) is 33.0 Å². The van der Waals surface area contributed by atoms with Crippen LogP contribution in [0, 0.1) is 6.92 Å². The molecule has 0 spiro atoms. The summed E-state index contributed by atoms with van der Waals surface area (Å²) in [6.07, 6.45) is 0. The molecule has 2 heterocycles. The summed E-state index contributed by atoms with van der Waals surface area (Å²) in [5, 5.41) is 0. The smallest absolute Gasteiger partial charge is 0.167 e. The minimum absolute atomic E-state index is 0.481. The highest BCUT2D eigenvalue weighted by atomic mass is 79.9. The highest BCUT2D eigenvalue weighted by Crippen LogP contribution is 2.40. The first-order chi connectivity index (χ1) is 10.2. The van der Waals surface area contributed by atoms with Crippen LogP contribution in [-0.4, -0.2) is 9.55 Å². The Kier molecular flexibility index (Phi) is 2.86. The van der Waals surface area contributed by atoms with Crippen LogP contribution in [0.15, 0.2) is 53.1 Å². The van der Waals surface area contributed by atoms with Gasteiger partial charge in [0.1, 0.15) is 16.2 Å². The largest absolute Gasteiger partial charge is 0.472 e. The molecule has 0 atom stereocenters. The van der Waals surface area contributed by atoms with Crippen molar-refractivity contribution in [2.45, 2.75) is 13.7 Å². The van der Waals surface area contributed by atoms with Crippen molar-refractivity contribution < 1.29 is 4.74 Å². The maximum absolute atomic E-state index is 5.91. The summed E-state index contributed by atoms with van der Waals surface area (Å²) >= 11 is 3.59. The van der Waals surface area contributed by atoms with Crippen molar-refractivity contribution in [2.75, 3.05) is 0 Å². The van der Waals surface area contributed by atoms with E-state index < -0.39 is 0 Å². The monoisotopic (exact) mass is 340 g/mol. The number of benzene rings is 2. The second-order valence-electron chi connectivity index (χ2n) is 5.14. The summed E-state index contributed by atoms with van der Waals surface area (Å²) in [6, 6.07) is 16.5. The lowest BCUT2D eigenvalue weighted by Crippen LogP contribution is -2.14. The molecule has 2 aromatic carbocycles. The first-order valence-electron chi connectivity index (χ1n) is 6.79. The third kappa shape index (κ3) is 1.98. The van der Waals surface area contributed by atoms with E-state index in [1.807, 2.05) is 18.2 Å². The lowest BCUT2D eigenvalue weighted by Gasteiger charge is -2.21. The van der Waals surface area contributed by atoms with Gasteiger partial charge in [0.15, 0.2) is 6.73 Å². The number of imidazole rings is 1. The van der Waals surface area contributed by atoms with Gasteiger partial charge in [-0.15, -0.1) is 0 Å². The number of nitrogens with zero attached hydrogens (tertiary/aromatic N) is 2. The summed E-state index contributed by atoms with van der Waals surface area (Å²) in [5.41, 5.74) is 4.41. The van der Waals surface area contributed by atoms with Crippen LogP contribution in [0.25, 0.3) is 22.6 Å². The van der Waals surface area contributed by atoms with E-state index in [1.54, 1.807) is 0 Å². The van der Waals surface area contributed by atoms with Gasteiger partial charge in [-0.25, -0.2) is 4.98 Å². The number of aromatic nitrogens is 2. The van der Waals surface area contributed by atoms with Gasteiger partial charge in [-0.1, -0.05) is 36.4 Å². The first kappa shape index (κ1) is 12.7. The van der Waals surface area contributed by atoms with Crippen LogP contribution in [-0.2, 0) is 6.73 Å². The van der Waals surface area contributed by atoms with Crippen molar-refractivity contribution in [1.82, 2.24) is 9.55 Å². The molecule has 3 aromatic rings. The minimum atomic E-state index is 0.481. The molecular formula is C17H13BrN2O. The summed E-state index contributed by atoms with van der Waals surface area (Å²) in [4.78, 5) is 4.70. The van der Waals surface area contributed by atoms with Crippen LogP contribution in [0.2, 0.25) is 0 Å². The normalized spacial score (nSPS) is 12.5. The van der Waals surface area contributed by atoms with Gasteiger partial charge in [-0.05, 0) is 40.5 Å². The van der Waals surface area contributed by atoms with Crippen LogP contribution < -0.4 is 4.74 Å². The van der Waals surface area contributed by atoms with Crippen LogP contribution in [0.4, 0.5) is 0 Å². The van der Waals surface area contributed by atoms with Gasteiger partial charge in [0.05, 0.1) is 11.3 Å². The van der Waals surface area contributed by atoms with E-state index in [2.05, 4.69) is 57.8 Å². The van der Waals surface area contributed by atoms with Crippen molar-refractivity contribution in [3.63, 3.8) is 0 Å². The Bertz CT molecular complexity index is 824. The van der Waals surface area contributed by atoms with Crippen molar-refractivity contribution in [2.24, 2.45) is 0 Å². The van der Waals surface area contributed by atoms with Crippen LogP contribution >= 0.6 is 15.9 Å². The van der Waals surface area contributed by atoms with Crippen molar-refractivity contribution in [1.29, 1.82) is 0 Å². The highest BCUT2D eigenvalue weighted by molar-refractivity contribution is 9.10. The molecule has 0 saturated heterocycles. The molecule has 4 rings (SSSR count). The Morgan fingerprint density at radius 1 is 1.14 bits per heavy atom. The quantitative estimate of drug-likeness (QED) is 0.645. The number of ether oxygens (including phenoxy) is 1. The number of aryl methyl sites for hydroxylation is 1. The van der Waals surface area contributed by atoms with Crippen molar-refractivity contribution >= 4 is 15.9 Å². The number of hydrogen-bond donors (Lipinski definition) is 0. The average molecular weight is 341 g/mol. The van der Waals surface area contributed by atoms with Gasteiger partial charge in [0.25, 0.3) is 0 Å². The molecule has 0 saturated carbocycles. The van der Waals surface area contributed by atoms with Crippen molar-refractivity contribution in [3.05, 3.63) is 58.7 Å². The third-order valence-electron chi connectivity index (χ3n) is 3.70. The van der Waals surface area contributed by atoms with E-state index in [9.17, 15) is 0 Å². The fraction of sp³-hybridized carbons (Fsp3) is 0.118. The molecule has 0 amide bonds. The van der Waals surface area contributed by atoms with E-state index in [1.165, 1.54) is 5.56 Å². The topological polar surface area (TPSA) is 27.1 Å². The Balaban J connectivity index is 1.94. The van der Waals surface area contributed by atoms with E-state index in [-0.39, 0.29) is 0 Å². The summed E-state index contributed by atoms with van der Waals surface area (Å²) in [7, 11) is 0. The van der Waals surface area contributed by atoms with Gasteiger partial charge < -0.3 is 4.74 Å². The zero-order valence-electron chi connectivity index (χ0n) is 11.5. The van der Waals surface area contributed by atoms with Crippen molar-refractivity contribution in [3.8, 4) is 28.4 Å². The zero-order chi connectivity index (χ0) is 14.4. The van der Waals surface area contributed by atoms with Crippen LogP contribution in [0.3, 0.4) is 0 Å². The van der Waals surface area contributed by atoms with Gasteiger partial charge in [0, 0.05) is 5.56 Å². The first-order valence-corrected chi connectivity index (χ1v) is 7.58. The molecule has 4 heteroatoms. The predicted molar refractivity (Wildman–Crippen MR) is 86.2 cm³/mol. The lowest BCUT2D eigenvalue weighted by molar-refractivity contribution is 0.231. The van der Waals surface area contributed by atoms with E-state index >= 15 is 0 Å². The maximum atomic E-state index is 5.91. The molecule has 0 bridgehead atoms. The molecule has 104 valence electrons. The number of fused-ring (bicyclic) bond motifs is 3. The molecule has 0 aliphatic carbocycles. The van der Waals surface area contributed by atoms with E-state index in [4.69, 9.17) is 9.72 Å². The fourth-order valence-corrected chi connectivity index (χ4v) is 3.30. The predicted octanol–water partition coefficient (Wildman–Crippen LogP) is 4.64. The standard InChI is InChI=1S/C17H13BrN2O/c1-11-7-8-13-14(9-11)21-10-20-15(16(18)19-17(13)20)12-5-3-2-4-6-12/h2-9H,10H2,1H3. The van der Waals surface area contributed by atoms with Gasteiger partial charge in [-0.3, -0.25) is 4.57 Å². The second-order valence-corrected chi connectivity index (χ2v) is 5.89. The molecular weight excluding hydrogens is 328 g/mol. The SMILES string of the molecule is Cc1ccc2c(c1)OCn1c-2nc(Br)c1-c1ccccc1. The molecule has 1 aliphatic heterocycles. The average Bonchev–Trinajstić information content (AvgIpc) is 2.84. The Labute approximate surface area is 131 Å². The Morgan fingerprint density at radius 2 is 1.95 bits per heavy atom. The Morgan fingerprint density at radius 3 is 2.76 bits per heavy atom. The fourth-order valence-electron chi connectivity index (χ4n) is 2.69. The number of halogens is 1. The summed E-state index contributed by atoms with van der Waals surface area (Å²) < 4.78 is 8.86. The van der Waals surface area contributed by atoms with Gasteiger partial charge in [-0.2, -0.15) is 0 Å². The molecule has 1 aromatic heterocycles. The minimum Gasteiger partial charge on any atom is -0.472 e. The van der Waals surface area contributed by atoms with Crippen LogP contribution in [0.5, 0.6) is 5.75 Å².